The van der Waals surface area contributed by atoms with Crippen LogP contribution in [0.1, 0.15) is 87.3 Å². The van der Waals surface area contributed by atoms with E-state index >= 15 is 0 Å². The van der Waals surface area contributed by atoms with Crippen LogP contribution >= 0.6 is 12.6 Å². The molecule has 0 bridgehead atoms. The zero-order chi connectivity index (χ0) is 31.2. The van der Waals surface area contributed by atoms with Gasteiger partial charge in [-0.1, -0.05) is 45.4 Å². The van der Waals surface area contributed by atoms with Crippen LogP contribution in [0.2, 0.25) is 0 Å². The number of hydrogen-bond donors (Lipinski definition) is 4. The third kappa shape index (κ3) is 9.81. The van der Waals surface area contributed by atoms with Crippen LogP contribution in [-0.2, 0) is 9.59 Å². The second-order valence-corrected chi connectivity index (χ2v) is 11.5. The first-order chi connectivity index (χ1) is 20.2. The highest BCUT2D eigenvalue weighted by Gasteiger charge is 2.41. The fraction of sp³-hybridized carbons (Fsp3) is 0.656. The van der Waals surface area contributed by atoms with E-state index in [2.05, 4.69) is 22.8 Å². The van der Waals surface area contributed by atoms with Crippen LogP contribution in [0, 0.1) is 24.7 Å². The van der Waals surface area contributed by atoms with Crippen molar-refractivity contribution >= 4 is 47.4 Å². The number of rotatable bonds is 11. The molecule has 1 saturated heterocycles. The minimum Gasteiger partial charge on any atom is -0.475 e. The molecule has 1 aliphatic heterocycles. The highest BCUT2D eigenvalue weighted by molar-refractivity contribution is 7.79. The number of amides is 1. The summed E-state index contributed by atoms with van der Waals surface area (Å²) < 4.78 is 17.3. The maximum atomic E-state index is 13.1. The molecule has 236 valence electrons. The molecule has 2 aliphatic rings. The zero-order valence-electron chi connectivity index (χ0n) is 25.6. The van der Waals surface area contributed by atoms with E-state index in [0.29, 0.717) is 35.1 Å². The predicted octanol–water partition coefficient (Wildman–Crippen LogP) is 6.50. The van der Waals surface area contributed by atoms with Gasteiger partial charge in [0.05, 0.1) is 6.04 Å². The van der Waals surface area contributed by atoms with Gasteiger partial charge in [-0.25, -0.2) is 9.18 Å². The zero-order valence-corrected chi connectivity index (χ0v) is 26.5. The molecule has 2 heterocycles. The number of hydrogen-bond acceptors (Lipinski definition) is 7. The van der Waals surface area contributed by atoms with E-state index in [1.54, 1.807) is 25.3 Å². The molecule has 4 N–H and O–H groups in total. The van der Waals surface area contributed by atoms with Crippen molar-refractivity contribution in [2.45, 2.75) is 90.1 Å². The van der Waals surface area contributed by atoms with Crippen LogP contribution < -0.4 is 11.1 Å². The van der Waals surface area contributed by atoms with E-state index in [1.165, 1.54) is 32.1 Å². The van der Waals surface area contributed by atoms with Crippen molar-refractivity contribution < 1.29 is 28.3 Å². The molecular weight excluding hydrogens is 557 g/mol. The molecular formula is C32H50FN3O5S. The number of thiol groups is 1. The van der Waals surface area contributed by atoms with Gasteiger partial charge in [0.15, 0.2) is 0 Å². The van der Waals surface area contributed by atoms with Crippen LogP contribution in [0.3, 0.4) is 0 Å². The SMILES string of the molecule is CCC(C=O)CCCC(N)CF.CS.Cc1c(C(=O)O)oc2ccc(NC(=O)C3C(C4CCCCC4)CCN3C)cc12. The quantitative estimate of drug-likeness (QED) is 0.170. The number of anilines is 1. The fourth-order valence-corrected chi connectivity index (χ4v) is 6.23. The highest BCUT2D eigenvalue weighted by Crippen LogP contribution is 2.39. The number of aromatic carboxylic acids is 1. The minimum absolute atomic E-state index is 0.0366. The van der Waals surface area contributed by atoms with E-state index < -0.39 is 12.6 Å². The smallest absolute Gasteiger partial charge is 0.372 e. The van der Waals surface area contributed by atoms with E-state index in [1.807, 2.05) is 20.0 Å². The molecule has 1 aliphatic carbocycles. The Morgan fingerprint density at radius 3 is 2.50 bits per heavy atom. The van der Waals surface area contributed by atoms with Crippen molar-refractivity contribution in [1.29, 1.82) is 0 Å². The van der Waals surface area contributed by atoms with E-state index in [-0.39, 0.29) is 29.7 Å². The van der Waals surface area contributed by atoms with Gasteiger partial charge in [0.25, 0.3) is 0 Å². The fourth-order valence-electron chi connectivity index (χ4n) is 6.23. The number of nitrogens with zero attached hydrogens (tertiary/aromatic N) is 1. The van der Waals surface area contributed by atoms with Crippen molar-refractivity contribution in [3.8, 4) is 0 Å². The number of fused-ring (bicyclic) bond motifs is 1. The Morgan fingerprint density at radius 1 is 1.21 bits per heavy atom. The molecule has 2 fully saturated rings. The Hall–Kier alpha value is -2.43. The number of nitrogens with one attached hydrogen (secondary N) is 1. The number of furan rings is 1. The van der Waals surface area contributed by atoms with Gasteiger partial charge in [-0.2, -0.15) is 12.6 Å². The summed E-state index contributed by atoms with van der Waals surface area (Å²) >= 11 is 3.53. The highest BCUT2D eigenvalue weighted by atomic mass is 32.1. The van der Waals surface area contributed by atoms with E-state index in [0.717, 1.165) is 43.9 Å². The molecule has 1 saturated carbocycles. The first kappa shape index (κ1) is 35.8. The molecule has 1 aromatic heterocycles. The second-order valence-electron chi connectivity index (χ2n) is 11.5. The monoisotopic (exact) mass is 607 g/mol. The average Bonchev–Trinajstić information content (AvgIpc) is 3.56. The number of carboxylic acids is 1. The Labute approximate surface area is 255 Å². The summed E-state index contributed by atoms with van der Waals surface area (Å²) in [6.07, 6.45) is 13.3. The molecule has 8 nitrogen and oxygen atoms in total. The number of alkyl halides is 1. The van der Waals surface area contributed by atoms with Crippen LogP contribution in [0.25, 0.3) is 11.0 Å². The number of nitrogens with two attached hydrogens (primary N) is 1. The molecule has 4 rings (SSSR count). The first-order valence-electron chi connectivity index (χ1n) is 15.2. The number of carbonyl (C=O) groups excluding carboxylic acids is 2. The van der Waals surface area contributed by atoms with E-state index in [4.69, 9.17) is 10.2 Å². The summed E-state index contributed by atoms with van der Waals surface area (Å²) in [5, 5.41) is 13.0. The average molecular weight is 608 g/mol. The summed E-state index contributed by atoms with van der Waals surface area (Å²) in [4.78, 5) is 37.0. The maximum Gasteiger partial charge on any atom is 0.372 e. The van der Waals surface area contributed by atoms with Gasteiger partial charge in [-0.05, 0) is 82.5 Å². The van der Waals surface area contributed by atoms with Crippen molar-refractivity contribution in [2.24, 2.45) is 23.5 Å². The molecule has 42 heavy (non-hydrogen) atoms. The first-order valence-corrected chi connectivity index (χ1v) is 16.1. The van der Waals surface area contributed by atoms with Gasteiger partial charge in [-0.3, -0.25) is 9.69 Å². The Kier molecular flexibility index (Phi) is 15.6. The van der Waals surface area contributed by atoms with Crippen molar-refractivity contribution in [3.05, 3.63) is 29.5 Å². The predicted molar refractivity (Wildman–Crippen MR) is 170 cm³/mol. The number of aldehydes is 1. The van der Waals surface area contributed by atoms with Crippen LogP contribution in [-0.4, -0.2) is 66.8 Å². The lowest BCUT2D eigenvalue weighted by Gasteiger charge is -2.32. The number of likely N-dealkylation sites (N-methyl/N-ethyl adjacent to an activating group) is 1. The molecule has 1 amide bonds. The Bertz CT molecular complexity index is 1140. The summed E-state index contributed by atoms with van der Waals surface area (Å²) in [5.41, 5.74) is 7.16. The molecule has 4 atom stereocenters. The minimum atomic E-state index is -1.08. The molecule has 2 aromatic rings. The maximum absolute atomic E-state index is 13.1. The van der Waals surface area contributed by atoms with Crippen molar-refractivity contribution in [2.75, 3.05) is 31.8 Å². The molecule has 10 heteroatoms. The second kappa shape index (κ2) is 18.3. The van der Waals surface area contributed by atoms with Crippen LogP contribution in [0.4, 0.5) is 10.1 Å². The van der Waals surface area contributed by atoms with Gasteiger partial charge in [0, 0.05) is 28.6 Å². The number of carboxylic acid groups (broad SMARTS) is 1. The van der Waals surface area contributed by atoms with Gasteiger partial charge < -0.3 is 25.4 Å². The number of carbonyl (C=O) groups is 3. The van der Waals surface area contributed by atoms with Gasteiger partial charge >= 0.3 is 5.97 Å². The van der Waals surface area contributed by atoms with Crippen molar-refractivity contribution in [1.82, 2.24) is 4.90 Å². The van der Waals surface area contributed by atoms with Gasteiger partial charge in [0.2, 0.25) is 11.7 Å². The molecule has 4 unspecified atom stereocenters. The summed E-state index contributed by atoms with van der Waals surface area (Å²) in [7, 11) is 2.04. The lowest BCUT2D eigenvalue weighted by Crippen LogP contribution is -2.43. The summed E-state index contributed by atoms with van der Waals surface area (Å²) in [6, 6.07) is 4.87. The summed E-state index contributed by atoms with van der Waals surface area (Å²) in [5.74, 6) is 0.106. The largest absolute Gasteiger partial charge is 0.475 e. The van der Waals surface area contributed by atoms with Crippen LogP contribution in [0.5, 0.6) is 0 Å². The third-order valence-electron chi connectivity index (χ3n) is 8.68. The van der Waals surface area contributed by atoms with Gasteiger partial charge in [0.1, 0.15) is 18.5 Å². The Morgan fingerprint density at radius 2 is 1.90 bits per heavy atom. The van der Waals surface area contributed by atoms with Crippen molar-refractivity contribution in [3.63, 3.8) is 0 Å². The molecule has 0 spiro atoms. The normalized spacial score (nSPS) is 20.5. The Balaban J connectivity index is 0.000000374. The number of benzene rings is 1. The number of likely N-dealkylation sites (tertiary alicyclic amines) is 1. The number of aryl methyl sites for hydroxylation is 1. The lowest BCUT2D eigenvalue weighted by atomic mass is 9.76. The molecule has 0 radical (unpaired) electrons. The number of halogens is 1. The molecule has 1 aromatic carbocycles. The standard InChI is InChI=1S/C22H28N2O4.C9H18FNO.CH4S/c1-13-17-12-15(8-9-18(17)28-20(13)22(26)27)23-21(25)19-16(10-11-24(19)2)14-6-4-3-5-7-14;1-2-8(7-12)4-3-5-9(11)6-10;1-2/h8-9,12,14,16,19H,3-7,10-11H2,1-2H3,(H,23,25)(H,26,27);7-9H,2-6,11H2,1H3;2H,1H3. The van der Waals surface area contributed by atoms with Gasteiger partial charge in [-0.15, -0.1) is 0 Å². The van der Waals surface area contributed by atoms with E-state index in [9.17, 15) is 23.9 Å². The topological polar surface area (TPSA) is 126 Å². The lowest BCUT2D eigenvalue weighted by molar-refractivity contribution is -0.121. The summed E-state index contributed by atoms with van der Waals surface area (Å²) in [6.45, 7) is 4.21. The third-order valence-corrected chi connectivity index (χ3v) is 8.68. The van der Waals surface area contributed by atoms with Crippen LogP contribution in [0.15, 0.2) is 22.6 Å².